The number of carbonyl (C=O) groups is 1. The lowest BCUT2D eigenvalue weighted by Gasteiger charge is -2.57. The van der Waals surface area contributed by atoms with Crippen molar-refractivity contribution in [2.24, 2.45) is 5.41 Å². The lowest BCUT2D eigenvalue weighted by molar-refractivity contribution is -0.0197. The van der Waals surface area contributed by atoms with Crippen LogP contribution in [0.5, 0.6) is 0 Å². The maximum absolute atomic E-state index is 13.1. The number of rotatable bonds is 4. The van der Waals surface area contributed by atoms with Crippen LogP contribution in [0.1, 0.15) is 47.8 Å². The zero-order valence-corrected chi connectivity index (χ0v) is 21.0. The molecule has 2 N–H and O–H groups in total. The third-order valence-corrected chi connectivity index (χ3v) is 8.76. The Kier molecular flexibility index (Phi) is 5.11. The first-order valence-corrected chi connectivity index (χ1v) is 13.2. The first-order chi connectivity index (χ1) is 18.0. The van der Waals surface area contributed by atoms with E-state index in [1.165, 1.54) is 0 Å². The summed E-state index contributed by atoms with van der Waals surface area (Å²) >= 11 is 0. The number of aromatic nitrogens is 4. The van der Waals surface area contributed by atoms with Gasteiger partial charge in [0.15, 0.2) is 0 Å². The number of hydrogen-bond donors (Lipinski definition) is 2. The third-order valence-electron chi connectivity index (χ3n) is 8.76. The van der Waals surface area contributed by atoms with Gasteiger partial charge in [-0.1, -0.05) is 18.2 Å². The maximum Gasteiger partial charge on any atom is 0.272 e. The van der Waals surface area contributed by atoms with E-state index in [1.807, 2.05) is 34.9 Å². The first-order valence-electron chi connectivity index (χ1n) is 13.2. The molecule has 0 atom stereocenters. The lowest BCUT2D eigenvalue weighted by atomic mass is 9.49. The van der Waals surface area contributed by atoms with Crippen molar-refractivity contribution in [3.63, 3.8) is 0 Å². The predicted octanol–water partition coefficient (Wildman–Crippen LogP) is 2.78. The quantitative estimate of drug-likeness (QED) is 0.450. The molecule has 1 aliphatic heterocycles. The van der Waals surface area contributed by atoms with Gasteiger partial charge in [0.05, 0.1) is 17.3 Å². The fourth-order valence-corrected chi connectivity index (χ4v) is 6.71. The molecule has 3 fully saturated rings. The molecule has 7 rings (SSSR count). The topological polar surface area (TPSA) is 98.6 Å². The molecule has 1 spiro atoms. The van der Waals surface area contributed by atoms with Gasteiger partial charge in [-0.15, -0.1) is 0 Å². The van der Waals surface area contributed by atoms with Gasteiger partial charge in [0.25, 0.3) is 11.5 Å². The van der Waals surface area contributed by atoms with Gasteiger partial charge < -0.3 is 15.1 Å². The summed E-state index contributed by atoms with van der Waals surface area (Å²) in [5.41, 5.74) is 3.67. The number of carbonyl (C=O) groups excluding carboxylic acids is 1. The number of hydrogen-bond acceptors (Lipinski definition) is 6. The van der Waals surface area contributed by atoms with Gasteiger partial charge in [0.1, 0.15) is 11.3 Å². The molecule has 37 heavy (non-hydrogen) atoms. The molecule has 3 aliphatic rings. The fourth-order valence-electron chi connectivity index (χ4n) is 6.71. The fraction of sp³-hybridized carbons (Fsp3) is 0.429. The summed E-state index contributed by atoms with van der Waals surface area (Å²) in [5.74, 6) is 0.288. The average Bonchev–Trinajstić information content (AvgIpc) is 3.29. The van der Waals surface area contributed by atoms with Crippen molar-refractivity contribution in [1.82, 2.24) is 29.8 Å². The Labute approximate surface area is 214 Å². The van der Waals surface area contributed by atoms with Crippen molar-refractivity contribution in [2.75, 3.05) is 38.1 Å². The summed E-state index contributed by atoms with van der Waals surface area (Å²) in [6, 6.07) is 12.0. The molecular formula is C28H31N7O2. The second-order valence-electron chi connectivity index (χ2n) is 11.2. The molecule has 1 amide bonds. The van der Waals surface area contributed by atoms with Crippen molar-refractivity contribution in [3.8, 4) is 0 Å². The Morgan fingerprint density at radius 1 is 1.05 bits per heavy atom. The van der Waals surface area contributed by atoms with E-state index in [0.717, 1.165) is 74.3 Å². The van der Waals surface area contributed by atoms with E-state index in [4.69, 9.17) is 0 Å². The summed E-state index contributed by atoms with van der Waals surface area (Å²) in [6.07, 6.45) is 7.71. The number of anilines is 1. The van der Waals surface area contributed by atoms with Gasteiger partial charge in [0.2, 0.25) is 0 Å². The summed E-state index contributed by atoms with van der Waals surface area (Å²) in [5, 5.41) is 12.0. The van der Waals surface area contributed by atoms with Crippen LogP contribution in [0.3, 0.4) is 0 Å². The number of H-pyrrole nitrogens is 1. The number of nitrogens with zero attached hydrogens (tertiary/aromatic N) is 5. The molecule has 1 saturated heterocycles. The van der Waals surface area contributed by atoms with E-state index in [0.29, 0.717) is 17.0 Å². The van der Waals surface area contributed by atoms with Gasteiger partial charge in [-0.3, -0.25) is 14.0 Å². The highest BCUT2D eigenvalue weighted by Gasteiger charge is 2.54. The van der Waals surface area contributed by atoms with Crippen molar-refractivity contribution in [1.29, 1.82) is 0 Å². The van der Waals surface area contributed by atoms with Crippen LogP contribution in [0.15, 0.2) is 53.6 Å². The highest BCUT2D eigenvalue weighted by molar-refractivity contribution is 5.93. The highest BCUT2D eigenvalue weighted by Crippen LogP contribution is 2.62. The average molecular weight is 498 g/mol. The molecule has 1 aromatic carbocycles. The van der Waals surface area contributed by atoms with Crippen molar-refractivity contribution >= 4 is 28.0 Å². The van der Waals surface area contributed by atoms with E-state index in [9.17, 15) is 9.59 Å². The Morgan fingerprint density at radius 3 is 2.59 bits per heavy atom. The number of aromatic amines is 1. The predicted molar refractivity (Wildman–Crippen MR) is 142 cm³/mol. The number of likely N-dealkylation sites (N-methyl/N-ethyl adjacent to an activating group) is 1. The summed E-state index contributed by atoms with van der Waals surface area (Å²) in [7, 11) is 2.15. The minimum absolute atomic E-state index is 0.0659. The highest BCUT2D eigenvalue weighted by atomic mass is 16.2. The van der Waals surface area contributed by atoms with Gasteiger partial charge in [-0.25, -0.2) is 10.1 Å². The normalized spacial score (nSPS) is 25.8. The van der Waals surface area contributed by atoms with Gasteiger partial charge >= 0.3 is 0 Å². The molecule has 9 nitrogen and oxygen atoms in total. The van der Waals surface area contributed by atoms with Crippen molar-refractivity contribution < 1.29 is 4.79 Å². The molecular weight excluding hydrogens is 466 g/mol. The Balaban J connectivity index is 0.983. The Morgan fingerprint density at radius 2 is 1.81 bits per heavy atom. The molecule has 9 heteroatoms. The number of fused-ring (bicyclic) bond motifs is 2. The van der Waals surface area contributed by atoms with E-state index in [2.05, 4.69) is 49.5 Å². The molecule has 190 valence electrons. The van der Waals surface area contributed by atoms with Crippen LogP contribution in [0.4, 0.5) is 5.69 Å². The van der Waals surface area contributed by atoms with Gasteiger partial charge in [0, 0.05) is 61.5 Å². The molecule has 0 bridgehead atoms. The number of piperazine rings is 1. The van der Waals surface area contributed by atoms with Crippen LogP contribution in [0.2, 0.25) is 0 Å². The summed E-state index contributed by atoms with van der Waals surface area (Å²) in [6.45, 7) is 4.10. The van der Waals surface area contributed by atoms with Crippen LogP contribution in [-0.4, -0.2) is 69.7 Å². The van der Waals surface area contributed by atoms with Crippen molar-refractivity contribution in [2.45, 2.75) is 37.6 Å². The third kappa shape index (κ3) is 3.80. The molecule has 2 saturated carbocycles. The molecule has 0 radical (unpaired) electrons. The van der Waals surface area contributed by atoms with Crippen LogP contribution < -0.4 is 15.8 Å². The summed E-state index contributed by atoms with van der Waals surface area (Å²) < 4.78 is 1.88. The molecule has 4 heterocycles. The zero-order chi connectivity index (χ0) is 25.1. The Hall–Kier alpha value is -3.72. The van der Waals surface area contributed by atoms with E-state index < -0.39 is 0 Å². The standard InChI is InChI=1S/C28H31N7O2/c1-33-8-10-34(11-9-33)20-6-7-35-23(17-29-24(35)12-20)27(37)30-19-15-28(16-19)13-18(14-28)25-21-4-2-3-5-22(21)26(36)32-31-25/h2-7,12,17-19H,8-11,13-16H2,1H3,(H,30,37)(H,32,36). The molecule has 2 aliphatic carbocycles. The summed E-state index contributed by atoms with van der Waals surface area (Å²) in [4.78, 5) is 34.4. The van der Waals surface area contributed by atoms with Crippen LogP contribution in [-0.2, 0) is 0 Å². The number of benzene rings is 1. The second-order valence-corrected chi connectivity index (χ2v) is 11.2. The van der Waals surface area contributed by atoms with Crippen LogP contribution in [0.25, 0.3) is 16.4 Å². The number of pyridine rings is 1. The minimum Gasteiger partial charge on any atom is -0.369 e. The molecule has 3 aromatic heterocycles. The zero-order valence-electron chi connectivity index (χ0n) is 21.0. The number of imidazole rings is 1. The smallest absolute Gasteiger partial charge is 0.272 e. The maximum atomic E-state index is 13.1. The van der Waals surface area contributed by atoms with Crippen molar-refractivity contribution in [3.05, 3.63) is 70.5 Å². The van der Waals surface area contributed by atoms with E-state index in [1.54, 1.807) is 6.20 Å². The molecule has 4 aromatic rings. The van der Waals surface area contributed by atoms with Crippen LogP contribution >= 0.6 is 0 Å². The van der Waals surface area contributed by atoms with Crippen LogP contribution in [0, 0.1) is 5.41 Å². The van der Waals surface area contributed by atoms with E-state index in [-0.39, 0.29) is 22.9 Å². The monoisotopic (exact) mass is 497 g/mol. The largest absolute Gasteiger partial charge is 0.369 e. The number of amides is 1. The number of nitrogens with one attached hydrogen (secondary N) is 2. The van der Waals surface area contributed by atoms with E-state index >= 15 is 0 Å². The molecule has 0 unspecified atom stereocenters. The lowest BCUT2D eigenvalue weighted by Crippen LogP contribution is -2.55. The SMILES string of the molecule is CN1CCN(c2ccn3c(C(=O)NC4CC5(C4)CC(c4n[nH]c(=O)c6ccccc46)C5)cnc3c2)CC1. The second kappa shape index (κ2) is 8.41. The van der Waals surface area contributed by atoms with Gasteiger partial charge in [-0.2, -0.15) is 5.10 Å². The first kappa shape index (κ1) is 22.5. The minimum atomic E-state index is -0.136. The van der Waals surface area contributed by atoms with Gasteiger partial charge in [-0.05, 0) is 50.3 Å². The Bertz CT molecular complexity index is 1550.